The monoisotopic (exact) mass is 256 g/mol. The molecule has 5 heteroatoms. The highest BCUT2D eigenvalue weighted by molar-refractivity contribution is 7.90. The Kier molecular flexibility index (Phi) is 5.11. The van der Waals surface area contributed by atoms with E-state index in [2.05, 4.69) is 12.3 Å². The van der Waals surface area contributed by atoms with Gasteiger partial charge in [-0.3, -0.25) is 11.3 Å². The van der Waals surface area contributed by atoms with Gasteiger partial charge in [-0.15, -0.1) is 0 Å². The fourth-order valence-electron chi connectivity index (χ4n) is 1.66. The molecule has 1 rings (SSSR count). The third kappa shape index (κ3) is 4.85. The zero-order valence-corrected chi connectivity index (χ0v) is 11.1. The number of benzene rings is 1. The number of rotatable bonds is 6. The van der Waals surface area contributed by atoms with Gasteiger partial charge in [0.25, 0.3) is 0 Å². The Morgan fingerprint density at radius 2 is 1.88 bits per heavy atom. The van der Waals surface area contributed by atoms with Gasteiger partial charge in [-0.25, -0.2) is 8.42 Å². The van der Waals surface area contributed by atoms with Crippen molar-refractivity contribution in [2.45, 2.75) is 25.8 Å². The third-order valence-corrected chi connectivity index (χ3v) is 3.75. The molecule has 4 nitrogen and oxygen atoms in total. The number of hydrogen-bond acceptors (Lipinski definition) is 4. The largest absolute Gasteiger partial charge is 0.271 e. The summed E-state index contributed by atoms with van der Waals surface area (Å²) < 4.78 is 22.2. The molecular formula is C12H20N2O2S. The van der Waals surface area contributed by atoms with E-state index in [1.807, 2.05) is 24.3 Å². The second kappa shape index (κ2) is 6.14. The van der Waals surface area contributed by atoms with E-state index in [4.69, 9.17) is 5.84 Å². The Hall–Kier alpha value is -0.910. The van der Waals surface area contributed by atoms with Crippen molar-refractivity contribution < 1.29 is 8.42 Å². The Morgan fingerprint density at radius 1 is 1.29 bits per heavy atom. The standard InChI is InChI=1S/C12H20N2O2S/c1-3-10-4-6-11(7-5-10)12(14-13)8-9-17(2,15)16/h4-7,12,14H,3,8-9,13H2,1-2H3. The third-order valence-electron chi connectivity index (χ3n) is 2.77. The molecule has 1 aromatic rings. The molecule has 0 aliphatic rings. The molecule has 1 unspecified atom stereocenters. The van der Waals surface area contributed by atoms with Crippen LogP contribution in [0.2, 0.25) is 0 Å². The van der Waals surface area contributed by atoms with Crippen molar-refractivity contribution in [3.63, 3.8) is 0 Å². The molecule has 3 N–H and O–H groups in total. The molecule has 0 radical (unpaired) electrons. The molecular weight excluding hydrogens is 236 g/mol. The van der Waals surface area contributed by atoms with Crippen molar-refractivity contribution in [3.05, 3.63) is 35.4 Å². The van der Waals surface area contributed by atoms with Crippen LogP contribution in [-0.2, 0) is 16.3 Å². The summed E-state index contributed by atoms with van der Waals surface area (Å²) in [6.07, 6.45) is 2.71. The molecule has 1 aromatic carbocycles. The molecule has 0 aliphatic heterocycles. The Labute approximate surface area is 103 Å². The van der Waals surface area contributed by atoms with Crippen LogP contribution < -0.4 is 11.3 Å². The first-order valence-electron chi connectivity index (χ1n) is 5.69. The molecule has 17 heavy (non-hydrogen) atoms. The average molecular weight is 256 g/mol. The zero-order valence-electron chi connectivity index (χ0n) is 10.3. The van der Waals surface area contributed by atoms with Crippen LogP contribution in [0.3, 0.4) is 0 Å². The first-order valence-corrected chi connectivity index (χ1v) is 7.75. The van der Waals surface area contributed by atoms with Crippen molar-refractivity contribution in [1.29, 1.82) is 0 Å². The summed E-state index contributed by atoms with van der Waals surface area (Å²) in [6, 6.07) is 7.95. The maximum atomic E-state index is 11.1. The highest BCUT2D eigenvalue weighted by Crippen LogP contribution is 2.17. The van der Waals surface area contributed by atoms with Gasteiger partial charge in [0.2, 0.25) is 0 Å². The predicted octanol–water partition coefficient (Wildman–Crippen LogP) is 1.19. The fraction of sp³-hybridized carbons (Fsp3) is 0.500. The smallest absolute Gasteiger partial charge is 0.147 e. The summed E-state index contributed by atoms with van der Waals surface area (Å²) >= 11 is 0. The van der Waals surface area contributed by atoms with E-state index < -0.39 is 9.84 Å². The van der Waals surface area contributed by atoms with E-state index in [0.717, 1.165) is 12.0 Å². The number of hydrazine groups is 1. The number of aryl methyl sites for hydroxylation is 1. The molecule has 0 saturated heterocycles. The zero-order chi connectivity index (χ0) is 12.9. The molecule has 0 amide bonds. The van der Waals surface area contributed by atoms with Crippen LogP contribution in [0.4, 0.5) is 0 Å². The van der Waals surface area contributed by atoms with Crippen LogP contribution in [0, 0.1) is 0 Å². The van der Waals surface area contributed by atoms with Crippen molar-refractivity contribution in [1.82, 2.24) is 5.43 Å². The lowest BCUT2D eigenvalue weighted by molar-refractivity contribution is 0.531. The molecule has 0 fully saturated rings. The molecule has 0 saturated carbocycles. The first kappa shape index (κ1) is 14.2. The highest BCUT2D eigenvalue weighted by Gasteiger charge is 2.12. The van der Waals surface area contributed by atoms with Gasteiger partial charge in [-0.2, -0.15) is 0 Å². The van der Waals surface area contributed by atoms with Crippen LogP contribution in [0.1, 0.15) is 30.5 Å². The minimum atomic E-state index is -2.95. The summed E-state index contributed by atoms with van der Waals surface area (Å²) in [5.74, 6) is 5.60. The molecule has 96 valence electrons. The van der Waals surface area contributed by atoms with Gasteiger partial charge in [-0.05, 0) is 24.0 Å². The normalized spacial score (nSPS) is 13.6. The minimum absolute atomic E-state index is 0.115. The summed E-state index contributed by atoms with van der Waals surface area (Å²) in [7, 11) is -2.95. The lowest BCUT2D eigenvalue weighted by Gasteiger charge is -2.16. The molecule has 0 aromatic heterocycles. The van der Waals surface area contributed by atoms with Crippen molar-refractivity contribution in [2.24, 2.45) is 5.84 Å². The van der Waals surface area contributed by atoms with Gasteiger partial charge in [0.1, 0.15) is 9.84 Å². The van der Waals surface area contributed by atoms with E-state index in [0.29, 0.717) is 6.42 Å². The maximum absolute atomic E-state index is 11.1. The van der Waals surface area contributed by atoms with Gasteiger partial charge < -0.3 is 0 Å². The number of sulfone groups is 1. The Bertz CT molecular complexity index is 440. The van der Waals surface area contributed by atoms with E-state index in [-0.39, 0.29) is 11.8 Å². The SMILES string of the molecule is CCc1ccc(C(CCS(C)(=O)=O)NN)cc1. The first-order chi connectivity index (χ1) is 7.96. The van der Waals surface area contributed by atoms with Gasteiger partial charge in [0.15, 0.2) is 0 Å². The lowest BCUT2D eigenvalue weighted by Crippen LogP contribution is -2.29. The number of hydrogen-bond donors (Lipinski definition) is 2. The second-order valence-electron chi connectivity index (χ2n) is 4.23. The van der Waals surface area contributed by atoms with E-state index >= 15 is 0 Å². The molecule has 0 aliphatic carbocycles. The Morgan fingerprint density at radius 3 is 2.29 bits per heavy atom. The highest BCUT2D eigenvalue weighted by atomic mass is 32.2. The molecule has 0 heterocycles. The molecule has 0 spiro atoms. The van der Waals surface area contributed by atoms with E-state index in [1.54, 1.807) is 0 Å². The second-order valence-corrected chi connectivity index (χ2v) is 6.49. The Balaban J connectivity index is 2.72. The number of nitrogens with one attached hydrogen (secondary N) is 1. The maximum Gasteiger partial charge on any atom is 0.147 e. The fourth-order valence-corrected chi connectivity index (χ4v) is 2.33. The molecule has 1 atom stereocenters. The summed E-state index contributed by atoms with van der Waals surface area (Å²) in [6.45, 7) is 2.09. The minimum Gasteiger partial charge on any atom is -0.271 e. The number of nitrogens with two attached hydrogens (primary N) is 1. The van der Waals surface area contributed by atoms with Gasteiger partial charge in [0, 0.05) is 12.3 Å². The van der Waals surface area contributed by atoms with E-state index in [1.165, 1.54) is 11.8 Å². The van der Waals surface area contributed by atoms with Crippen molar-refractivity contribution >= 4 is 9.84 Å². The lowest BCUT2D eigenvalue weighted by atomic mass is 10.0. The van der Waals surface area contributed by atoms with Crippen molar-refractivity contribution in [3.8, 4) is 0 Å². The van der Waals surface area contributed by atoms with Gasteiger partial charge >= 0.3 is 0 Å². The average Bonchev–Trinajstić information content (AvgIpc) is 2.29. The van der Waals surface area contributed by atoms with Crippen LogP contribution >= 0.6 is 0 Å². The summed E-state index contributed by atoms with van der Waals surface area (Å²) in [4.78, 5) is 0. The summed E-state index contributed by atoms with van der Waals surface area (Å²) in [5, 5.41) is 0. The quantitative estimate of drug-likeness (QED) is 0.592. The van der Waals surface area contributed by atoms with E-state index in [9.17, 15) is 8.42 Å². The van der Waals surface area contributed by atoms with Crippen LogP contribution in [0.25, 0.3) is 0 Å². The molecule has 0 bridgehead atoms. The summed E-state index contributed by atoms with van der Waals surface area (Å²) in [5.41, 5.74) is 4.94. The van der Waals surface area contributed by atoms with Crippen LogP contribution in [0.5, 0.6) is 0 Å². The topological polar surface area (TPSA) is 72.2 Å². The van der Waals surface area contributed by atoms with Crippen LogP contribution in [-0.4, -0.2) is 20.4 Å². The van der Waals surface area contributed by atoms with Gasteiger partial charge in [0.05, 0.1) is 5.75 Å². The predicted molar refractivity (Wildman–Crippen MR) is 70.2 cm³/mol. The van der Waals surface area contributed by atoms with Gasteiger partial charge in [-0.1, -0.05) is 31.2 Å². The van der Waals surface area contributed by atoms with Crippen molar-refractivity contribution in [2.75, 3.05) is 12.0 Å². The van der Waals surface area contributed by atoms with Crippen LogP contribution in [0.15, 0.2) is 24.3 Å².